The molecule has 0 bridgehead atoms. The maximum absolute atomic E-state index is 3.63. The van der Waals surface area contributed by atoms with Gasteiger partial charge in [-0.1, -0.05) is 51.3 Å². The van der Waals surface area contributed by atoms with Gasteiger partial charge in [0.05, 0.1) is 0 Å². The Morgan fingerprint density at radius 3 is 2.44 bits per heavy atom. The van der Waals surface area contributed by atoms with Crippen molar-refractivity contribution in [2.75, 3.05) is 0 Å². The van der Waals surface area contributed by atoms with Crippen LogP contribution < -0.4 is 0 Å². The number of unbranched alkanes of at least 4 members (excludes halogenated alkanes) is 3. The van der Waals surface area contributed by atoms with Gasteiger partial charge in [0.2, 0.25) is 0 Å². The smallest absolute Gasteiger partial charge is 0.0458 e. The van der Waals surface area contributed by atoms with Crippen molar-refractivity contribution in [1.29, 1.82) is 0 Å². The molecule has 1 heterocycles. The van der Waals surface area contributed by atoms with E-state index in [1.165, 1.54) is 61.5 Å². The molecule has 0 aliphatic heterocycles. The zero-order valence-electron chi connectivity index (χ0n) is 11.8. The van der Waals surface area contributed by atoms with Crippen molar-refractivity contribution < 1.29 is 0 Å². The van der Waals surface area contributed by atoms with Gasteiger partial charge in [-0.3, -0.25) is 0 Å². The fourth-order valence-electron chi connectivity index (χ4n) is 2.66. The molecular formula is C17H25N. The lowest BCUT2D eigenvalue weighted by atomic mass is 10.0. The molecule has 0 fully saturated rings. The zero-order chi connectivity index (χ0) is 12.8. The predicted molar refractivity (Wildman–Crippen MR) is 80.1 cm³/mol. The van der Waals surface area contributed by atoms with Gasteiger partial charge in [0.1, 0.15) is 0 Å². The van der Waals surface area contributed by atoms with E-state index in [1.54, 1.807) is 5.56 Å². The lowest BCUT2D eigenvalue weighted by Crippen LogP contribution is -1.93. The number of aromatic amines is 1. The molecule has 1 aromatic heterocycles. The zero-order valence-corrected chi connectivity index (χ0v) is 11.8. The molecule has 0 atom stereocenters. The van der Waals surface area contributed by atoms with E-state index in [2.05, 4.69) is 43.1 Å². The standard InChI is InChI=1S/C17H25N/c1-3-5-7-12-16-14(10-6-4-2)15-11-8-9-13-17(15)18-16/h8-9,11,13,18H,3-7,10,12H2,1-2H3. The monoisotopic (exact) mass is 243 g/mol. The fraction of sp³-hybridized carbons (Fsp3) is 0.529. The molecule has 0 saturated heterocycles. The molecule has 0 unspecified atom stereocenters. The van der Waals surface area contributed by atoms with E-state index in [0.717, 1.165) is 0 Å². The van der Waals surface area contributed by atoms with Gasteiger partial charge >= 0.3 is 0 Å². The minimum Gasteiger partial charge on any atom is -0.358 e. The minimum atomic E-state index is 1.21. The number of H-pyrrole nitrogens is 1. The summed E-state index contributed by atoms with van der Waals surface area (Å²) in [6, 6.07) is 8.74. The first-order valence-electron chi connectivity index (χ1n) is 7.45. The Hall–Kier alpha value is -1.24. The van der Waals surface area contributed by atoms with Crippen LogP contribution >= 0.6 is 0 Å². The molecular weight excluding hydrogens is 218 g/mol. The van der Waals surface area contributed by atoms with E-state index in [0.29, 0.717) is 0 Å². The summed E-state index contributed by atoms with van der Waals surface area (Å²) in [6.45, 7) is 4.54. The molecule has 1 N–H and O–H groups in total. The van der Waals surface area contributed by atoms with E-state index >= 15 is 0 Å². The Balaban J connectivity index is 2.25. The molecule has 98 valence electrons. The molecule has 0 spiro atoms. The van der Waals surface area contributed by atoms with E-state index in [1.807, 2.05) is 0 Å². The van der Waals surface area contributed by atoms with E-state index in [4.69, 9.17) is 0 Å². The highest BCUT2D eigenvalue weighted by Crippen LogP contribution is 2.25. The normalized spacial score (nSPS) is 11.2. The molecule has 1 aromatic carbocycles. The van der Waals surface area contributed by atoms with E-state index in [-0.39, 0.29) is 0 Å². The van der Waals surface area contributed by atoms with Crippen LogP contribution in [0.4, 0.5) is 0 Å². The second kappa shape index (κ2) is 6.63. The Morgan fingerprint density at radius 1 is 0.889 bits per heavy atom. The van der Waals surface area contributed by atoms with Crippen LogP contribution in [0.25, 0.3) is 10.9 Å². The van der Waals surface area contributed by atoms with Crippen molar-refractivity contribution in [3.8, 4) is 0 Å². The van der Waals surface area contributed by atoms with Gasteiger partial charge in [-0.2, -0.15) is 0 Å². The van der Waals surface area contributed by atoms with Crippen molar-refractivity contribution >= 4 is 10.9 Å². The summed E-state index contributed by atoms with van der Waals surface area (Å²) in [5, 5.41) is 1.44. The summed E-state index contributed by atoms with van der Waals surface area (Å²) in [5.74, 6) is 0. The van der Waals surface area contributed by atoms with Crippen LogP contribution in [0.15, 0.2) is 24.3 Å². The summed E-state index contributed by atoms with van der Waals surface area (Å²) in [4.78, 5) is 3.63. The molecule has 0 aliphatic rings. The van der Waals surface area contributed by atoms with Gasteiger partial charge in [-0.05, 0) is 37.3 Å². The van der Waals surface area contributed by atoms with Crippen LogP contribution in [-0.2, 0) is 12.8 Å². The molecule has 1 nitrogen and oxygen atoms in total. The van der Waals surface area contributed by atoms with E-state index in [9.17, 15) is 0 Å². The van der Waals surface area contributed by atoms with Crippen molar-refractivity contribution in [2.24, 2.45) is 0 Å². The first-order valence-corrected chi connectivity index (χ1v) is 7.45. The average molecular weight is 243 g/mol. The largest absolute Gasteiger partial charge is 0.358 e. The Morgan fingerprint density at radius 2 is 1.67 bits per heavy atom. The third kappa shape index (κ3) is 2.95. The highest BCUT2D eigenvalue weighted by Gasteiger charge is 2.09. The molecule has 0 aliphatic carbocycles. The van der Waals surface area contributed by atoms with Gasteiger partial charge in [0.15, 0.2) is 0 Å². The summed E-state index contributed by atoms with van der Waals surface area (Å²) in [6.07, 6.45) is 8.94. The molecule has 0 saturated carbocycles. The van der Waals surface area contributed by atoms with Crippen LogP contribution in [-0.4, -0.2) is 4.98 Å². The van der Waals surface area contributed by atoms with Crippen molar-refractivity contribution in [2.45, 2.75) is 58.8 Å². The number of hydrogen-bond acceptors (Lipinski definition) is 0. The number of fused-ring (bicyclic) bond motifs is 1. The van der Waals surface area contributed by atoms with Crippen molar-refractivity contribution in [1.82, 2.24) is 4.98 Å². The van der Waals surface area contributed by atoms with Crippen LogP contribution in [0.1, 0.15) is 57.2 Å². The second-order valence-electron chi connectivity index (χ2n) is 5.19. The number of aromatic nitrogens is 1. The Kier molecular flexibility index (Phi) is 4.86. The minimum absolute atomic E-state index is 1.21. The van der Waals surface area contributed by atoms with Crippen LogP contribution in [0.2, 0.25) is 0 Å². The number of aryl methyl sites for hydroxylation is 2. The fourth-order valence-corrected chi connectivity index (χ4v) is 2.66. The molecule has 0 amide bonds. The van der Waals surface area contributed by atoms with Crippen molar-refractivity contribution in [3.05, 3.63) is 35.5 Å². The molecule has 0 radical (unpaired) electrons. The summed E-state index contributed by atoms with van der Waals surface area (Å²) < 4.78 is 0. The van der Waals surface area contributed by atoms with Crippen LogP contribution in [0, 0.1) is 0 Å². The second-order valence-corrected chi connectivity index (χ2v) is 5.19. The van der Waals surface area contributed by atoms with Gasteiger partial charge in [-0.25, -0.2) is 0 Å². The molecule has 2 rings (SSSR count). The summed E-state index contributed by atoms with van der Waals surface area (Å²) in [5.41, 5.74) is 4.37. The third-order valence-electron chi connectivity index (χ3n) is 3.71. The SMILES string of the molecule is CCCCCc1[nH]c2ccccc2c1CCCC. The average Bonchev–Trinajstić information content (AvgIpc) is 2.74. The highest BCUT2D eigenvalue weighted by atomic mass is 14.7. The predicted octanol–water partition coefficient (Wildman–Crippen LogP) is 5.24. The maximum atomic E-state index is 3.63. The number of benzene rings is 1. The summed E-state index contributed by atoms with van der Waals surface area (Å²) >= 11 is 0. The van der Waals surface area contributed by atoms with Crippen LogP contribution in [0.3, 0.4) is 0 Å². The lowest BCUT2D eigenvalue weighted by Gasteiger charge is -2.04. The summed E-state index contributed by atoms with van der Waals surface area (Å²) in [7, 11) is 0. The van der Waals surface area contributed by atoms with Crippen LogP contribution in [0.5, 0.6) is 0 Å². The highest BCUT2D eigenvalue weighted by molar-refractivity contribution is 5.84. The first-order chi connectivity index (χ1) is 8.86. The molecule has 2 aromatic rings. The number of hydrogen-bond donors (Lipinski definition) is 1. The Labute approximate surface area is 111 Å². The van der Waals surface area contributed by atoms with Gasteiger partial charge in [0, 0.05) is 16.6 Å². The number of nitrogens with one attached hydrogen (secondary N) is 1. The Bertz CT molecular complexity index is 481. The molecule has 1 heteroatoms. The maximum Gasteiger partial charge on any atom is 0.0458 e. The quantitative estimate of drug-likeness (QED) is 0.640. The number of rotatable bonds is 7. The topological polar surface area (TPSA) is 15.8 Å². The molecule has 18 heavy (non-hydrogen) atoms. The van der Waals surface area contributed by atoms with Gasteiger partial charge < -0.3 is 4.98 Å². The van der Waals surface area contributed by atoms with Gasteiger partial charge in [-0.15, -0.1) is 0 Å². The van der Waals surface area contributed by atoms with Crippen molar-refractivity contribution in [3.63, 3.8) is 0 Å². The van der Waals surface area contributed by atoms with E-state index < -0.39 is 0 Å². The van der Waals surface area contributed by atoms with Gasteiger partial charge in [0.25, 0.3) is 0 Å². The third-order valence-corrected chi connectivity index (χ3v) is 3.71. The lowest BCUT2D eigenvalue weighted by molar-refractivity contribution is 0.701. The first kappa shape index (κ1) is 13.2. The number of para-hydroxylation sites is 1.